The molecule has 0 bridgehead atoms. The van der Waals surface area contributed by atoms with Crippen LogP contribution in [0.3, 0.4) is 0 Å². The molecule has 2 N–H and O–H groups in total. The minimum atomic E-state index is -0.611. The molecule has 3 heterocycles. The number of ether oxygens (including phenoxy) is 1. The number of carbonyl (C=O) groups is 3. The third-order valence-corrected chi connectivity index (χ3v) is 4.54. The van der Waals surface area contributed by atoms with E-state index in [2.05, 4.69) is 20.8 Å². The van der Waals surface area contributed by atoms with Crippen molar-refractivity contribution in [2.45, 2.75) is 31.3 Å². The third-order valence-electron chi connectivity index (χ3n) is 3.93. The van der Waals surface area contributed by atoms with Crippen LogP contribution < -0.4 is 10.6 Å². The Hall–Kier alpha value is -2.23. The molecule has 2 aliphatic heterocycles. The van der Waals surface area contributed by atoms with Gasteiger partial charge < -0.3 is 20.3 Å². The van der Waals surface area contributed by atoms with Crippen molar-refractivity contribution in [3.8, 4) is 0 Å². The van der Waals surface area contributed by atoms with E-state index in [1.165, 1.54) is 16.8 Å². The molecule has 23 heavy (non-hydrogen) atoms. The first-order chi connectivity index (χ1) is 11.1. The molecule has 2 fully saturated rings. The number of nitrogens with zero attached hydrogens (tertiary/aromatic N) is 3. The van der Waals surface area contributed by atoms with E-state index < -0.39 is 11.7 Å². The van der Waals surface area contributed by atoms with Crippen LogP contribution in [0.4, 0.5) is 9.93 Å². The van der Waals surface area contributed by atoms with Crippen molar-refractivity contribution in [1.82, 2.24) is 20.4 Å². The van der Waals surface area contributed by atoms with E-state index in [0.29, 0.717) is 24.8 Å². The van der Waals surface area contributed by atoms with Gasteiger partial charge in [0.2, 0.25) is 16.9 Å². The minimum absolute atomic E-state index is 0.0833. The molecule has 3 amide bonds. The first kappa shape index (κ1) is 15.7. The summed E-state index contributed by atoms with van der Waals surface area (Å²) in [6, 6.07) is 0. The Morgan fingerprint density at radius 2 is 2.35 bits per heavy atom. The summed E-state index contributed by atoms with van der Waals surface area (Å²) in [7, 11) is 0. The average Bonchev–Trinajstić information content (AvgIpc) is 3.15. The molecule has 0 radical (unpaired) electrons. The fourth-order valence-corrected chi connectivity index (χ4v) is 3.29. The van der Waals surface area contributed by atoms with Gasteiger partial charge in [-0.2, -0.15) is 0 Å². The molecule has 1 spiro atoms. The lowest BCUT2D eigenvalue weighted by atomic mass is 9.93. The molecular formula is C13H17N5O4S. The Morgan fingerprint density at radius 3 is 3.04 bits per heavy atom. The van der Waals surface area contributed by atoms with Gasteiger partial charge in [-0.15, -0.1) is 10.2 Å². The van der Waals surface area contributed by atoms with Crippen LogP contribution in [0.15, 0.2) is 5.51 Å². The van der Waals surface area contributed by atoms with Crippen LogP contribution in [0, 0.1) is 0 Å². The summed E-state index contributed by atoms with van der Waals surface area (Å²) in [5.74, 6) is -0.379. The molecule has 1 aromatic rings. The van der Waals surface area contributed by atoms with Crippen molar-refractivity contribution < 1.29 is 19.1 Å². The van der Waals surface area contributed by atoms with Crippen LogP contribution in [0.1, 0.15) is 25.7 Å². The molecule has 2 saturated heterocycles. The van der Waals surface area contributed by atoms with E-state index in [1.54, 1.807) is 4.90 Å². The zero-order valence-corrected chi connectivity index (χ0v) is 13.2. The second-order valence-corrected chi connectivity index (χ2v) is 6.47. The Balaban J connectivity index is 1.48. The molecule has 124 valence electrons. The molecule has 0 aromatic carbocycles. The van der Waals surface area contributed by atoms with Crippen molar-refractivity contribution in [3.05, 3.63) is 5.51 Å². The van der Waals surface area contributed by atoms with Crippen molar-refractivity contribution in [3.63, 3.8) is 0 Å². The zero-order valence-electron chi connectivity index (χ0n) is 12.4. The molecule has 3 rings (SSSR count). The number of likely N-dealkylation sites (tertiary alicyclic amines) is 1. The number of piperidine rings is 1. The number of carbonyl (C=O) groups excluding carboxylic acids is 3. The average molecular weight is 339 g/mol. The summed E-state index contributed by atoms with van der Waals surface area (Å²) in [5, 5.41) is 13.0. The Labute approximate surface area is 136 Å². The van der Waals surface area contributed by atoms with Gasteiger partial charge in [-0.25, -0.2) is 4.79 Å². The predicted octanol–water partition coefficient (Wildman–Crippen LogP) is 0.358. The van der Waals surface area contributed by atoms with E-state index in [-0.39, 0.29) is 24.7 Å². The van der Waals surface area contributed by atoms with Crippen LogP contribution in [-0.2, 0) is 14.3 Å². The highest BCUT2D eigenvalue weighted by atomic mass is 32.1. The topological polar surface area (TPSA) is 114 Å². The van der Waals surface area contributed by atoms with Gasteiger partial charge in [0.05, 0.1) is 13.1 Å². The monoisotopic (exact) mass is 339 g/mol. The quantitative estimate of drug-likeness (QED) is 0.819. The Kier molecular flexibility index (Phi) is 4.42. The summed E-state index contributed by atoms with van der Waals surface area (Å²) in [5.41, 5.74) is 0.907. The molecular weight excluding hydrogens is 322 g/mol. The van der Waals surface area contributed by atoms with Gasteiger partial charge in [0.15, 0.2) is 0 Å². The first-order valence-electron chi connectivity index (χ1n) is 7.37. The van der Waals surface area contributed by atoms with Gasteiger partial charge >= 0.3 is 6.09 Å². The highest BCUT2D eigenvalue weighted by Gasteiger charge is 2.44. The Morgan fingerprint density at radius 1 is 1.48 bits per heavy atom. The number of amides is 3. The van der Waals surface area contributed by atoms with Gasteiger partial charge in [-0.1, -0.05) is 11.3 Å². The van der Waals surface area contributed by atoms with E-state index in [0.717, 1.165) is 12.8 Å². The van der Waals surface area contributed by atoms with Gasteiger partial charge in [0.25, 0.3) is 0 Å². The molecule has 0 aliphatic carbocycles. The van der Waals surface area contributed by atoms with Crippen LogP contribution >= 0.6 is 11.3 Å². The number of nitrogens with one attached hydrogen (secondary N) is 2. The SMILES string of the molecule is O=C(CCC(=O)N1CCC[C@@]2(CNC(=O)O2)C1)Nc1nncs1. The van der Waals surface area contributed by atoms with Crippen molar-refractivity contribution >= 4 is 34.4 Å². The van der Waals surface area contributed by atoms with Gasteiger partial charge in [0.1, 0.15) is 11.1 Å². The van der Waals surface area contributed by atoms with Crippen LogP contribution in [0.5, 0.6) is 0 Å². The van der Waals surface area contributed by atoms with Gasteiger partial charge in [-0.05, 0) is 12.8 Å². The summed E-state index contributed by atoms with van der Waals surface area (Å²) >= 11 is 1.22. The third kappa shape index (κ3) is 3.76. The fraction of sp³-hybridized carbons (Fsp3) is 0.615. The van der Waals surface area contributed by atoms with Crippen LogP contribution in [-0.4, -0.2) is 58.2 Å². The number of alkyl carbamates (subject to hydrolysis) is 1. The standard InChI is InChI=1S/C13H17N5O4S/c19-9(16-11-17-15-8-23-11)2-3-10(20)18-5-1-4-13(7-18)6-14-12(21)22-13/h8H,1-7H2,(H,14,21)(H,16,17,19)/t13-/m1/s1. The maximum atomic E-state index is 12.3. The second kappa shape index (κ2) is 6.49. The van der Waals surface area contributed by atoms with Crippen LogP contribution in [0.25, 0.3) is 0 Å². The molecule has 0 unspecified atom stereocenters. The normalized spacial score (nSPS) is 23.5. The molecule has 1 atom stereocenters. The molecule has 9 nitrogen and oxygen atoms in total. The maximum absolute atomic E-state index is 12.3. The largest absolute Gasteiger partial charge is 0.439 e. The maximum Gasteiger partial charge on any atom is 0.407 e. The van der Waals surface area contributed by atoms with E-state index >= 15 is 0 Å². The Bertz CT molecular complexity index is 608. The van der Waals surface area contributed by atoms with Gasteiger partial charge in [0, 0.05) is 19.4 Å². The molecule has 10 heteroatoms. The predicted molar refractivity (Wildman–Crippen MR) is 80.8 cm³/mol. The lowest BCUT2D eigenvalue weighted by Gasteiger charge is -2.38. The molecule has 0 saturated carbocycles. The van der Waals surface area contributed by atoms with E-state index in [4.69, 9.17) is 4.74 Å². The summed E-state index contributed by atoms with van der Waals surface area (Å²) < 4.78 is 5.33. The van der Waals surface area contributed by atoms with E-state index in [1.807, 2.05) is 0 Å². The first-order valence-corrected chi connectivity index (χ1v) is 8.25. The summed E-state index contributed by atoms with van der Waals surface area (Å²) in [6.07, 6.45) is 1.28. The van der Waals surface area contributed by atoms with Crippen molar-refractivity contribution in [1.29, 1.82) is 0 Å². The number of rotatable bonds is 4. The lowest BCUT2D eigenvalue weighted by Crippen LogP contribution is -2.52. The molecule has 2 aliphatic rings. The fourth-order valence-electron chi connectivity index (χ4n) is 2.83. The van der Waals surface area contributed by atoms with Gasteiger partial charge in [-0.3, -0.25) is 9.59 Å². The smallest absolute Gasteiger partial charge is 0.407 e. The second-order valence-electron chi connectivity index (χ2n) is 5.64. The summed E-state index contributed by atoms with van der Waals surface area (Å²) in [4.78, 5) is 37.0. The lowest BCUT2D eigenvalue weighted by molar-refractivity contribution is -0.138. The summed E-state index contributed by atoms with van der Waals surface area (Å²) in [6.45, 7) is 1.42. The number of anilines is 1. The highest BCUT2D eigenvalue weighted by molar-refractivity contribution is 7.13. The number of hydrogen-bond donors (Lipinski definition) is 2. The molecule has 1 aromatic heterocycles. The minimum Gasteiger partial charge on any atom is -0.439 e. The highest BCUT2D eigenvalue weighted by Crippen LogP contribution is 2.28. The number of aromatic nitrogens is 2. The zero-order chi connectivity index (χ0) is 16.3. The van der Waals surface area contributed by atoms with E-state index in [9.17, 15) is 14.4 Å². The number of hydrogen-bond acceptors (Lipinski definition) is 7. The van der Waals surface area contributed by atoms with Crippen molar-refractivity contribution in [2.24, 2.45) is 0 Å². The van der Waals surface area contributed by atoms with Crippen LogP contribution in [0.2, 0.25) is 0 Å². The van der Waals surface area contributed by atoms with Crippen molar-refractivity contribution in [2.75, 3.05) is 25.0 Å².